The molecule has 4 atom stereocenters. The van der Waals surface area contributed by atoms with Crippen molar-refractivity contribution in [1.82, 2.24) is 20.7 Å². The number of nitrogens with zero attached hydrogens (tertiary/aromatic N) is 2. The Bertz CT molecular complexity index is 583. The lowest BCUT2D eigenvalue weighted by Gasteiger charge is -2.33. The molecule has 1 fully saturated rings. The Morgan fingerprint density at radius 1 is 1.28 bits per heavy atom. The lowest BCUT2D eigenvalue weighted by molar-refractivity contribution is -0.141. The smallest absolute Gasteiger partial charge is 0.410 e. The number of nitrogens with one attached hydrogen (secondary N) is 2. The Morgan fingerprint density at radius 3 is 2.41 bits per heavy atom. The van der Waals surface area contributed by atoms with Crippen molar-refractivity contribution >= 4 is 17.9 Å². The quantitative estimate of drug-likeness (QED) is 0.575. The Morgan fingerprint density at radius 2 is 1.90 bits per heavy atom. The average Bonchev–Trinajstić information content (AvgIpc) is 3.10. The number of hydrogen-bond donors (Lipinski definition) is 2. The van der Waals surface area contributed by atoms with E-state index in [9.17, 15) is 18.9 Å². The molecule has 0 aromatic carbocycles. The number of methoxy groups -OCH3 is 1. The van der Waals surface area contributed by atoms with Crippen molar-refractivity contribution < 1.29 is 28.3 Å². The number of ether oxygens (including phenoxy) is 2. The fourth-order valence-corrected chi connectivity index (χ4v) is 3.06. The van der Waals surface area contributed by atoms with E-state index in [-0.39, 0.29) is 18.5 Å². The number of carbonyl (C=O) groups excluding carboxylic acids is 3. The predicted octanol–water partition coefficient (Wildman–Crippen LogP) is 1.23. The summed E-state index contributed by atoms with van der Waals surface area (Å²) in [6.07, 6.45) is 0.196. The van der Waals surface area contributed by atoms with E-state index in [1.165, 1.54) is 19.1 Å². The van der Waals surface area contributed by atoms with Crippen LogP contribution in [0.25, 0.3) is 0 Å². The van der Waals surface area contributed by atoms with Crippen molar-refractivity contribution in [3.8, 4) is 0 Å². The molecular weight excluding hydrogens is 383 g/mol. The number of likely N-dealkylation sites (N-methyl/N-ethyl adjacent to an activating group) is 1. The minimum absolute atomic E-state index is 0.0333. The maximum Gasteiger partial charge on any atom is 0.410 e. The minimum Gasteiger partial charge on any atom is -0.444 e. The summed E-state index contributed by atoms with van der Waals surface area (Å²) in [6, 6.07) is -2.11. The molecule has 0 spiro atoms. The van der Waals surface area contributed by atoms with Gasteiger partial charge in [0.1, 0.15) is 17.7 Å². The number of rotatable bonds is 8. The molecule has 29 heavy (non-hydrogen) atoms. The standard InChI is InChI=1S/C19H35FN4O5/c1-12(23(6)18(27)29-19(3,4)5)16(25)22-15(13(2)28-7)17(26)24-10-8-9-14(24)11-21-20/h12-15,21H,8-11H2,1-7H3,(H,22,25)/t12-,13+,14-,15-/m0/s1. The maximum absolute atomic E-state index is 13.1. The van der Waals surface area contributed by atoms with Crippen molar-refractivity contribution in [2.45, 2.75) is 77.3 Å². The Kier molecular flexibility index (Phi) is 9.28. The van der Waals surface area contributed by atoms with Crippen LogP contribution in [0.2, 0.25) is 0 Å². The zero-order chi connectivity index (χ0) is 22.4. The van der Waals surface area contributed by atoms with Crippen molar-refractivity contribution in [2.75, 3.05) is 27.2 Å². The summed E-state index contributed by atoms with van der Waals surface area (Å²) in [5.41, 5.74) is 0.916. The number of halogens is 1. The molecule has 0 bridgehead atoms. The topological polar surface area (TPSA) is 100 Å². The molecule has 1 aliphatic heterocycles. The molecule has 0 unspecified atom stereocenters. The zero-order valence-corrected chi connectivity index (χ0v) is 18.5. The summed E-state index contributed by atoms with van der Waals surface area (Å²) in [5.74, 6) is -0.849. The molecule has 1 heterocycles. The lowest BCUT2D eigenvalue weighted by Crippen LogP contribution is -2.59. The highest BCUT2D eigenvalue weighted by atomic mass is 19.2. The first kappa shape index (κ1) is 25.1. The first-order valence-corrected chi connectivity index (χ1v) is 9.85. The van der Waals surface area contributed by atoms with Crippen molar-refractivity contribution in [2.24, 2.45) is 0 Å². The van der Waals surface area contributed by atoms with Crippen LogP contribution in [0, 0.1) is 0 Å². The fraction of sp³-hybridized carbons (Fsp3) is 0.842. The van der Waals surface area contributed by atoms with E-state index in [1.807, 2.05) is 0 Å². The summed E-state index contributed by atoms with van der Waals surface area (Å²) in [6.45, 7) is 8.94. The number of hydrogen-bond acceptors (Lipinski definition) is 6. The van der Waals surface area contributed by atoms with Crippen LogP contribution in [-0.2, 0) is 19.1 Å². The molecule has 168 valence electrons. The van der Waals surface area contributed by atoms with Gasteiger partial charge in [0.25, 0.3) is 0 Å². The summed E-state index contributed by atoms with van der Waals surface area (Å²) in [5, 5.41) is 2.69. The second kappa shape index (κ2) is 10.7. The van der Waals surface area contributed by atoms with Crippen LogP contribution < -0.4 is 10.9 Å². The Balaban J connectivity index is 2.88. The molecule has 10 heteroatoms. The van der Waals surface area contributed by atoms with E-state index in [2.05, 4.69) is 5.32 Å². The Labute approximate surface area is 172 Å². The van der Waals surface area contributed by atoms with Gasteiger partial charge in [0.2, 0.25) is 11.8 Å². The van der Waals surface area contributed by atoms with E-state index in [0.29, 0.717) is 13.0 Å². The minimum atomic E-state index is -0.956. The largest absolute Gasteiger partial charge is 0.444 e. The second-order valence-electron chi connectivity index (χ2n) is 8.36. The van der Waals surface area contributed by atoms with E-state index < -0.39 is 35.8 Å². The van der Waals surface area contributed by atoms with Crippen molar-refractivity contribution in [3.05, 3.63) is 0 Å². The van der Waals surface area contributed by atoms with Crippen LogP contribution in [0.4, 0.5) is 9.28 Å². The second-order valence-corrected chi connectivity index (χ2v) is 8.36. The third kappa shape index (κ3) is 7.11. The molecule has 1 aliphatic rings. The molecule has 0 radical (unpaired) electrons. The van der Waals surface area contributed by atoms with Gasteiger partial charge in [-0.3, -0.25) is 14.5 Å². The van der Waals surface area contributed by atoms with E-state index in [4.69, 9.17) is 9.47 Å². The van der Waals surface area contributed by atoms with Gasteiger partial charge in [-0.15, -0.1) is 4.48 Å². The van der Waals surface area contributed by atoms with Gasteiger partial charge in [0.15, 0.2) is 0 Å². The maximum atomic E-state index is 13.1. The van der Waals surface area contributed by atoms with Gasteiger partial charge < -0.3 is 19.7 Å². The van der Waals surface area contributed by atoms with Gasteiger partial charge in [-0.1, -0.05) is 0 Å². The fourth-order valence-electron chi connectivity index (χ4n) is 3.06. The van der Waals surface area contributed by atoms with E-state index in [0.717, 1.165) is 6.42 Å². The molecule has 0 aromatic heterocycles. The van der Waals surface area contributed by atoms with Crippen molar-refractivity contribution in [1.29, 1.82) is 0 Å². The van der Waals surface area contributed by atoms with Crippen LogP contribution in [0.15, 0.2) is 0 Å². The normalized spacial score (nSPS) is 20.0. The summed E-state index contributed by atoms with van der Waals surface area (Å²) < 4.78 is 23.1. The highest BCUT2D eigenvalue weighted by Crippen LogP contribution is 2.19. The Hall–Kier alpha value is -1.94. The molecule has 0 saturated carbocycles. The molecule has 3 amide bonds. The number of amides is 3. The van der Waals surface area contributed by atoms with Crippen LogP contribution >= 0.6 is 0 Å². The zero-order valence-electron chi connectivity index (χ0n) is 18.5. The third-order valence-corrected chi connectivity index (χ3v) is 5.02. The number of carbonyl (C=O) groups is 3. The number of likely N-dealkylation sites (tertiary alicyclic amines) is 1. The molecule has 9 nitrogen and oxygen atoms in total. The van der Waals surface area contributed by atoms with Crippen LogP contribution in [0.5, 0.6) is 0 Å². The first-order chi connectivity index (χ1) is 13.4. The summed E-state index contributed by atoms with van der Waals surface area (Å²) >= 11 is 0. The van der Waals surface area contributed by atoms with Crippen molar-refractivity contribution in [3.63, 3.8) is 0 Å². The van der Waals surface area contributed by atoms with Crippen LogP contribution in [0.1, 0.15) is 47.5 Å². The van der Waals surface area contributed by atoms with E-state index >= 15 is 0 Å². The summed E-state index contributed by atoms with van der Waals surface area (Å²) in [7, 11) is 2.90. The van der Waals surface area contributed by atoms with Gasteiger partial charge in [-0.05, 0) is 47.5 Å². The van der Waals surface area contributed by atoms with Gasteiger partial charge >= 0.3 is 6.09 Å². The molecular formula is C19H35FN4O5. The average molecular weight is 419 g/mol. The SMILES string of the molecule is CO[C@H](C)[C@H](NC(=O)[C@H](C)N(C)C(=O)OC(C)(C)C)C(=O)N1CCC[C@H]1CNF. The summed E-state index contributed by atoms with van der Waals surface area (Å²) in [4.78, 5) is 40.8. The molecule has 1 rings (SSSR count). The predicted molar refractivity (Wildman–Crippen MR) is 106 cm³/mol. The monoisotopic (exact) mass is 418 g/mol. The molecule has 0 aliphatic carbocycles. The van der Waals surface area contributed by atoms with Gasteiger partial charge in [-0.25, -0.2) is 4.79 Å². The van der Waals surface area contributed by atoms with Crippen LogP contribution in [0.3, 0.4) is 0 Å². The molecule has 1 saturated heterocycles. The van der Waals surface area contributed by atoms with Gasteiger partial charge in [0.05, 0.1) is 6.10 Å². The lowest BCUT2D eigenvalue weighted by atomic mass is 10.1. The highest BCUT2D eigenvalue weighted by Gasteiger charge is 2.38. The molecule has 2 N–H and O–H groups in total. The van der Waals surface area contributed by atoms with E-state index in [1.54, 1.807) is 45.1 Å². The highest BCUT2D eigenvalue weighted by molar-refractivity contribution is 5.91. The first-order valence-electron chi connectivity index (χ1n) is 9.85. The van der Waals surface area contributed by atoms with Gasteiger partial charge in [-0.2, -0.15) is 5.54 Å². The molecule has 0 aromatic rings. The van der Waals surface area contributed by atoms with Gasteiger partial charge in [0, 0.05) is 33.3 Å². The van der Waals surface area contributed by atoms with Crippen LogP contribution in [-0.4, -0.2) is 84.8 Å². The third-order valence-electron chi connectivity index (χ3n) is 5.02.